The van der Waals surface area contributed by atoms with Crippen LogP contribution in [0.2, 0.25) is 0 Å². The van der Waals surface area contributed by atoms with Gasteiger partial charge in [0.05, 0.1) is 5.69 Å². The Morgan fingerprint density at radius 2 is 1.67 bits per heavy atom. The predicted octanol–water partition coefficient (Wildman–Crippen LogP) is 3.84. The van der Waals surface area contributed by atoms with Crippen molar-refractivity contribution in [3.05, 3.63) is 65.6 Å². The van der Waals surface area contributed by atoms with E-state index in [0.717, 1.165) is 10.9 Å². The molecule has 0 aliphatic carbocycles. The van der Waals surface area contributed by atoms with Gasteiger partial charge >= 0.3 is 0 Å². The highest BCUT2D eigenvalue weighted by Gasteiger charge is 2.14. The number of fused-ring (bicyclic) bond motifs is 1. The summed E-state index contributed by atoms with van der Waals surface area (Å²) in [7, 11) is 0. The number of rotatable bonds is 2. The summed E-state index contributed by atoms with van der Waals surface area (Å²) in [6, 6.07) is 9.78. The number of aromatic nitrogens is 1. The van der Waals surface area contributed by atoms with Crippen LogP contribution in [-0.2, 0) is 0 Å². The largest absolute Gasteiger partial charge is 0.351 e. The lowest BCUT2D eigenvalue weighted by Gasteiger charge is -2.05. The highest BCUT2D eigenvalue weighted by molar-refractivity contribution is 6.05. The third-order valence-electron chi connectivity index (χ3n) is 3.03. The number of hydrogen-bond donors (Lipinski definition) is 2. The molecule has 0 bridgehead atoms. The number of H-pyrrole nitrogens is 1. The summed E-state index contributed by atoms with van der Waals surface area (Å²) in [6.07, 6.45) is 0. The van der Waals surface area contributed by atoms with Crippen molar-refractivity contribution in [2.24, 2.45) is 0 Å². The zero-order chi connectivity index (χ0) is 15.0. The average molecular weight is 290 g/mol. The SMILES string of the molecule is O=C(Nc1cc(F)c(F)cc1F)c1cc2ccccc2[nH]1. The number of halogens is 3. The summed E-state index contributed by atoms with van der Waals surface area (Å²) in [4.78, 5) is 14.9. The van der Waals surface area contributed by atoms with Crippen LogP contribution >= 0.6 is 0 Å². The third kappa shape index (κ3) is 2.47. The van der Waals surface area contributed by atoms with Crippen LogP contribution in [0.1, 0.15) is 10.5 Å². The first-order valence-electron chi connectivity index (χ1n) is 6.08. The smallest absolute Gasteiger partial charge is 0.272 e. The maximum absolute atomic E-state index is 13.5. The molecule has 0 aliphatic heterocycles. The van der Waals surface area contributed by atoms with Gasteiger partial charge in [0.1, 0.15) is 11.5 Å². The molecule has 1 heterocycles. The third-order valence-corrected chi connectivity index (χ3v) is 3.03. The summed E-state index contributed by atoms with van der Waals surface area (Å²) >= 11 is 0. The van der Waals surface area contributed by atoms with Crippen molar-refractivity contribution < 1.29 is 18.0 Å². The minimum atomic E-state index is -1.31. The Balaban J connectivity index is 1.91. The van der Waals surface area contributed by atoms with E-state index in [2.05, 4.69) is 10.3 Å². The van der Waals surface area contributed by atoms with Gasteiger partial charge < -0.3 is 10.3 Å². The van der Waals surface area contributed by atoms with E-state index in [9.17, 15) is 18.0 Å². The molecule has 21 heavy (non-hydrogen) atoms. The topological polar surface area (TPSA) is 44.9 Å². The number of benzene rings is 2. The first-order chi connectivity index (χ1) is 10.0. The lowest BCUT2D eigenvalue weighted by molar-refractivity contribution is 0.102. The van der Waals surface area contributed by atoms with E-state index in [4.69, 9.17) is 0 Å². The molecule has 106 valence electrons. The highest BCUT2D eigenvalue weighted by atomic mass is 19.2. The van der Waals surface area contributed by atoms with Crippen LogP contribution in [0.3, 0.4) is 0 Å². The van der Waals surface area contributed by atoms with Crippen molar-refractivity contribution in [3.8, 4) is 0 Å². The Hall–Kier alpha value is -2.76. The van der Waals surface area contributed by atoms with Crippen molar-refractivity contribution in [2.45, 2.75) is 0 Å². The molecule has 0 unspecified atom stereocenters. The Morgan fingerprint density at radius 1 is 0.952 bits per heavy atom. The molecule has 0 fully saturated rings. The van der Waals surface area contributed by atoms with Gasteiger partial charge in [-0.25, -0.2) is 13.2 Å². The van der Waals surface area contributed by atoms with E-state index < -0.39 is 29.0 Å². The fourth-order valence-electron chi connectivity index (χ4n) is 2.00. The van der Waals surface area contributed by atoms with Crippen molar-refractivity contribution in [1.29, 1.82) is 0 Å². The van der Waals surface area contributed by atoms with E-state index in [1.807, 2.05) is 6.07 Å². The molecule has 3 nitrogen and oxygen atoms in total. The van der Waals surface area contributed by atoms with Gasteiger partial charge in [0, 0.05) is 23.0 Å². The van der Waals surface area contributed by atoms with Gasteiger partial charge in [-0.15, -0.1) is 0 Å². The lowest BCUT2D eigenvalue weighted by atomic mass is 10.2. The normalized spacial score (nSPS) is 10.8. The number of carbonyl (C=O) groups is 1. The second-order valence-corrected chi connectivity index (χ2v) is 4.47. The summed E-state index contributed by atoms with van der Waals surface area (Å²) < 4.78 is 39.4. The van der Waals surface area contributed by atoms with Gasteiger partial charge in [-0.05, 0) is 12.1 Å². The molecule has 3 aromatic rings. The van der Waals surface area contributed by atoms with Crippen molar-refractivity contribution in [1.82, 2.24) is 4.98 Å². The number of aromatic amines is 1. The quantitative estimate of drug-likeness (QED) is 0.692. The number of anilines is 1. The van der Waals surface area contributed by atoms with Gasteiger partial charge in [0.25, 0.3) is 5.91 Å². The molecule has 6 heteroatoms. The number of nitrogens with one attached hydrogen (secondary N) is 2. The van der Waals surface area contributed by atoms with Crippen LogP contribution in [0, 0.1) is 17.5 Å². The molecule has 0 spiro atoms. The fourth-order valence-corrected chi connectivity index (χ4v) is 2.00. The molecular weight excluding hydrogens is 281 g/mol. The first-order valence-corrected chi connectivity index (χ1v) is 6.08. The van der Waals surface area contributed by atoms with Crippen LogP contribution in [-0.4, -0.2) is 10.9 Å². The van der Waals surface area contributed by atoms with Gasteiger partial charge in [-0.3, -0.25) is 4.79 Å². The second kappa shape index (κ2) is 4.97. The number of carbonyl (C=O) groups excluding carboxylic acids is 1. The highest BCUT2D eigenvalue weighted by Crippen LogP contribution is 2.20. The monoisotopic (exact) mass is 290 g/mol. The minimum absolute atomic E-state index is 0.195. The zero-order valence-corrected chi connectivity index (χ0v) is 10.6. The zero-order valence-electron chi connectivity index (χ0n) is 10.6. The molecule has 0 saturated carbocycles. The van der Waals surface area contributed by atoms with Crippen LogP contribution < -0.4 is 5.32 Å². The summed E-state index contributed by atoms with van der Waals surface area (Å²) in [6.45, 7) is 0. The van der Waals surface area contributed by atoms with E-state index in [-0.39, 0.29) is 5.69 Å². The number of amides is 1. The van der Waals surface area contributed by atoms with Gasteiger partial charge in [-0.1, -0.05) is 18.2 Å². The van der Waals surface area contributed by atoms with Gasteiger partial charge in [-0.2, -0.15) is 0 Å². The molecule has 0 radical (unpaired) electrons. The minimum Gasteiger partial charge on any atom is -0.351 e. The Bertz CT molecular complexity index is 809. The molecule has 0 atom stereocenters. The van der Waals surface area contributed by atoms with E-state index >= 15 is 0 Å². The lowest BCUT2D eigenvalue weighted by Crippen LogP contribution is -2.13. The van der Waals surface area contributed by atoms with E-state index in [1.165, 1.54) is 0 Å². The molecule has 0 aliphatic rings. The van der Waals surface area contributed by atoms with Crippen molar-refractivity contribution >= 4 is 22.5 Å². The summed E-state index contributed by atoms with van der Waals surface area (Å²) in [5, 5.41) is 3.02. The standard InChI is InChI=1S/C15H9F3N2O/c16-9-6-11(18)13(7-10(9)17)20-15(21)14-5-8-3-1-2-4-12(8)19-14/h1-7,19H,(H,20,21). The summed E-state index contributed by atoms with van der Waals surface area (Å²) in [5.41, 5.74) is 0.520. The fraction of sp³-hybridized carbons (Fsp3) is 0. The second-order valence-electron chi connectivity index (χ2n) is 4.47. The Morgan fingerprint density at radius 3 is 2.43 bits per heavy atom. The van der Waals surface area contributed by atoms with Crippen LogP contribution in [0.4, 0.5) is 18.9 Å². The molecule has 2 N–H and O–H groups in total. The van der Waals surface area contributed by atoms with Crippen molar-refractivity contribution in [2.75, 3.05) is 5.32 Å². The van der Waals surface area contributed by atoms with Crippen molar-refractivity contribution in [3.63, 3.8) is 0 Å². The predicted molar refractivity (Wildman–Crippen MR) is 72.6 cm³/mol. The molecule has 0 saturated heterocycles. The van der Waals surface area contributed by atoms with Gasteiger partial charge in [0.2, 0.25) is 0 Å². The molecule has 1 amide bonds. The molecular formula is C15H9F3N2O. The Labute approximate surface area is 117 Å². The maximum Gasteiger partial charge on any atom is 0.272 e. The van der Waals surface area contributed by atoms with E-state index in [1.54, 1.807) is 24.3 Å². The summed E-state index contributed by atoms with van der Waals surface area (Å²) in [5.74, 6) is -4.23. The molecule has 1 aromatic heterocycles. The first kappa shape index (κ1) is 13.2. The number of para-hydroxylation sites is 1. The van der Waals surface area contributed by atoms with E-state index in [0.29, 0.717) is 12.1 Å². The van der Waals surface area contributed by atoms with Crippen LogP contribution in [0.25, 0.3) is 10.9 Å². The number of hydrogen-bond acceptors (Lipinski definition) is 1. The van der Waals surface area contributed by atoms with Crippen LogP contribution in [0.5, 0.6) is 0 Å². The average Bonchev–Trinajstić information content (AvgIpc) is 2.88. The Kier molecular flexibility index (Phi) is 3.13. The molecule has 3 rings (SSSR count). The van der Waals surface area contributed by atoms with Gasteiger partial charge in [0.15, 0.2) is 11.6 Å². The maximum atomic E-state index is 13.5. The molecule has 2 aromatic carbocycles. The van der Waals surface area contributed by atoms with Crippen LogP contribution in [0.15, 0.2) is 42.5 Å².